The Bertz CT molecular complexity index is 299. The molecule has 0 heterocycles. The maximum absolute atomic E-state index is 5.52. The maximum Gasteiger partial charge on any atom is 0.0758 e. The van der Waals surface area contributed by atoms with Crippen LogP contribution in [-0.2, 0) is 6.54 Å². The van der Waals surface area contributed by atoms with Crippen LogP contribution in [0.5, 0.6) is 0 Å². The molecule has 4 N–H and O–H groups in total. The lowest BCUT2D eigenvalue weighted by molar-refractivity contribution is 1.06. The molecule has 0 aromatic heterocycles. The van der Waals surface area contributed by atoms with Crippen LogP contribution in [-0.4, -0.2) is 12.6 Å². The zero-order valence-electron chi connectivity index (χ0n) is 7.36. The van der Waals surface area contributed by atoms with Crippen LogP contribution < -0.4 is 11.5 Å². The van der Waals surface area contributed by atoms with Gasteiger partial charge < -0.3 is 11.5 Å². The standard InChI is InChI=1S/C9H13N3S/c1-12-8-3-2-7(5-10)4-9(8)13-6-11/h2-4H,1,5-6,10-11H2. The number of nitrogens with zero attached hydrogens (tertiary/aromatic N) is 1. The molecule has 0 aliphatic carbocycles. The van der Waals surface area contributed by atoms with Crippen LogP contribution in [0, 0.1) is 0 Å². The van der Waals surface area contributed by atoms with E-state index in [1.807, 2.05) is 18.2 Å². The molecule has 0 bridgehead atoms. The number of benzene rings is 1. The monoisotopic (exact) mass is 195 g/mol. The van der Waals surface area contributed by atoms with Gasteiger partial charge in [-0.1, -0.05) is 6.07 Å². The molecule has 0 aliphatic heterocycles. The third-order valence-corrected chi connectivity index (χ3v) is 2.47. The Hall–Kier alpha value is -0.840. The highest BCUT2D eigenvalue weighted by Gasteiger charge is 2.01. The van der Waals surface area contributed by atoms with Crippen LogP contribution in [0.2, 0.25) is 0 Å². The molecule has 0 saturated carbocycles. The van der Waals surface area contributed by atoms with Crippen molar-refractivity contribution in [3.8, 4) is 0 Å². The fourth-order valence-electron chi connectivity index (χ4n) is 1.02. The first-order valence-electron chi connectivity index (χ1n) is 3.94. The van der Waals surface area contributed by atoms with Gasteiger partial charge in [0.05, 0.1) is 5.69 Å². The molecular weight excluding hydrogens is 182 g/mol. The van der Waals surface area contributed by atoms with Crippen molar-refractivity contribution >= 4 is 24.2 Å². The summed E-state index contributed by atoms with van der Waals surface area (Å²) in [6.45, 7) is 4.03. The molecule has 0 atom stereocenters. The highest BCUT2D eigenvalue weighted by molar-refractivity contribution is 7.99. The number of hydrogen-bond acceptors (Lipinski definition) is 4. The third-order valence-electron chi connectivity index (χ3n) is 1.67. The zero-order chi connectivity index (χ0) is 9.68. The Labute approximate surface area is 82.2 Å². The summed E-state index contributed by atoms with van der Waals surface area (Å²) in [6.07, 6.45) is 0. The summed E-state index contributed by atoms with van der Waals surface area (Å²) in [7, 11) is 0. The molecule has 1 aromatic carbocycles. The van der Waals surface area contributed by atoms with E-state index in [0.717, 1.165) is 16.1 Å². The minimum Gasteiger partial charge on any atom is -0.326 e. The van der Waals surface area contributed by atoms with Crippen molar-refractivity contribution in [2.24, 2.45) is 16.5 Å². The van der Waals surface area contributed by atoms with Gasteiger partial charge in [0.1, 0.15) is 0 Å². The minimum atomic E-state index is 0.537. The van der Waals surface area contributed by atoms with E-state index in [4.69, 9.17) is 11.5 Å². The number of thioether (sulfide) groups is 1. The molecule has 0 spiro atoms. The first-order chi connectivity index (χ1) is 6.31. The largest absolute Gasteiger partial charge is 0.326 e. The average molecular weight is 195 g/mol. The van der Waals surface area contributed by atoms with E-state index in [0.29, 0.717) is 12.4 Å². The second-order valence-electron chi connectivity index (χ2n) is 2.48. The van der Waals surface area contributed by atoms with Crippen LogP contribution in [0.3, 0.4) is 0 Å². The van der Waals surface area contributed by atoms with Crippen molar-refractivity contribution in [2.45, 2.75) is 11.4 Å². The van der Waals surface area contributed by atoms with Gasteiger partial charge in [-0.2, -0.15) is 0 Å². The van der Waals surface area contributed by atoms with E-state index in [1.165, 1.54) is 0 Å². The number of hydrogen-bond donors (Lipinski definition) is 2. The lowest BCUT2D eigenvalue weighted by Gasteiger charge is -2.05. The normalized spacial score (nSPS) is 10.0. The average Bonchev–Trinajstić information content (AvgIpc) is 2.18. The summed E-state index contributed by atoms with van der Waals surface area (Å²) in [5.41, 5.74) is 12.9. The van der Waals surface area contributed by atoms with Crippen LogP contribution >= 0.6 is 11.8 Å². The first-order valence-corrected chi connectivity index (χ1v) is 4.93. The van der Waals surface area contributed by atoms with Crippen LogP contribution in [0.25, 0.3) is 0 Å². The number of aliphatic imine (C=N–C) groups is 1. The number of rotatable bonds is 4. The Kier molecular flexibility index (Phi) is 3.95. The van der Waals surface area contributed by atoms with Gasteiger partial charge in [0.15, 0.2) is 0 Å². The maximum atomic E-state index is 5.52. The van der Waals surface area contributed by atoms with Crippen molar-refractivity contribution in [2.75, 3.05) is 5.88 Å². The fourth-order valence-corrected chi connectivity index (χ4v) is 1.72. The fraction of sp³-hybridized carbons (Fsp3) is 0.222. The summed E-state index contributed by atoms with van der Waals surface area (Å²) in [5, 5.41) is 0. The summed E-state index contributed by atoms with van der Waals surface area (Å²) in [4.78, 5) is 4.94. The topological polar surface area (TPSA) is 64.4 Å². The lowest BCUT2D eigenvalue weighted by Crippen LogP contribution is -1.97. The summed E-state index contributed by atoms with van der Waals surface area (Å²) in [5.74, 6) is 0.538. The summed E-state index contributed by atoms with van der Waals surface area (Å²) < 4.78 is 0. The zero-order valence-corrected chi connectivity index (χ0v) is 8.18. The van der Waals surface area contributed by atoms with Crippen molar-refractivity contribution in [3.05, 3.63) is 23.8 Å². The quantitative estimate of drug-likeness (QED) is 0.434. The highest BCUT2D eigenvalue weighted by Crippen LogP contribution is 2.29. The third kappa shape index (κ3) is 2.55. The molecule has 0 radical (unpaired) electrons. The molecular formula is C9H13N3S. The second kappa shape index (κ2) is 5.01. The molecule has 3 nitrogen and oxygen atoms in total. The minimum absolute atomic E-state index is 0.537. The Balaban J connectivity index is 3.02. The molecule has 0 amide bonds. The lowest BCUT2D eigenvalue weighted by atomic mass is 10.2. The van der Waals surface area contributed by atoms with Crippen molar-refractivity contribution in [1.82, 2.24) is 0 Å². The van der Waals surface area contributed by atoms with Crippen LogP contribution in [0.15, 0.2) is 28.1 Å². The second-order valence-corrected chi connectivity index (χ2v) is 3.54. The van der Waals surface area contributed by atoms with Gasteiger partial charge >= 0.3 is 0 Å². The molecule has 0 unspecified atom stereocenters. The van der Waals surface area contributed by atoms with E-state index in [1.54, 1.807) is 11.8 Å². The number of nitrogens with two attached hydrogens (primary N) is 2. The van der Waals surface area contributed by atoms with Crippen molar-refractivity contribution in [3.63, 3.8) is 0 Å². The predicted octanol–water partition coefficient (Wildman–Crippen LogP) is 1.49. The first kappa shape index (κ1) is 10.2. The Morgan fingerprint density at radius 2 is 2.15 bits per heavy atom. The molecule has 0 fully saturated rings. The molecule has 70 valence electrons. The van der Waals surface area contributed by atoms with Gasteiger partial charge in [-0.25, -0.2) is 0 Å². The Morgan fingerprint density at radius 1 is 1.38 bits per heavy atom. The van der Waals surface area contributed by atoms with E-state index >= 15 is 0 Å². The van der Waals surface area contributed by atoms with Gasteiger partial charge in [0.2, 0.25) is 0 Å². The van der Waals surface area contributed by atoms with E-state index < -0.39 is 0 Å². The van der Waals surface area contributed by atoms with Gasteiger partial charge in [0, 0.05) is 17.3 Å². The van der Waals surface area contributed by atoms with Crippen molar-refractivity contribution in [1.29, 1.82) is 0 Å². The van der Waals surface area contributed by atoms with E-state index in [2.05, 4.69) is 11.7 Å². The Morgan fingerprint density at radius 3 is 2.69 bits per heavy atom. The smallest absolute Gasteiger partial charge is 0.0758 e. The molecule has 13 heavy (non-hydrogen) atoms. The molecule has 1 rings (SSSR count). The molecule has 4 heteroatoms. The van der Waals surface area contributed by atoms with Crippen LogP contribution in [0.4, 0.5) is 5.69 Å². The van der Waals surface area contributed by atoms with Gasteiger partial charge in [-0.3, -0.25) is 4.99 Å². The SMILES string of the molecule is C=Nc1ccc(CN)cc1SCN. The van der Waals surface area contributed by atoms with Gasteiger partial charge in [-0.05, 0) is 24.4 Å². The summed E-state index contributed by atoms with van der Waals surface area (Å²) in [6, 6.07) is 5.86. The highest BCUT2D eigenvalue weighted by atomic mass is 32.2. The predicted molar refractivity (Wildman–Crippen MR) is 58.5 cm³/mol. The van der Waals surface area contributed by atoms with E-state index in [9.17, 15) is 0 Å². The molecule has 0 aliphatic rings. The summed E-state index contributed by atoms with van der Waals surface area (Å²) >= 11 is 1.54. The molecule has 1 aromatic rings. The van der Waals surface area contributed by atoms with E-state index in [-0.39, 0.29) is 0 Å². The van der Waals surface area contributed by atoms with Crippen LogP contribution in [0.1, 0.15) is 5.56 Å². The molecule has 0 saturated heterocycles. The van der Waals surface area contributed by atoms with Crippen molar-refractivity contribution < 1.29 is 0 Å². The van der Waals surface area contributed by atoms with Gasteiger partial charge in [0.25, 0.3) is 0 Å². The van der Waals surface area contributed by atoms with Gasteiger partial charge in [-0.15, -0.1) is 11.8 Å².